The lowest BCUT2D eigenvalue weighted by Crippen LogP contribution is -2.36. The molecule has 3 aromatic rings. The fraction of sp³-hybridized carbons (Fsp3) is 0.469. The number of rotatable bonds is 6. The van der Waals surface area contributed by atoms with E-state index in [1.165, 1.54) is 37.4 Å². The van der Waals surface area contributed by atoms with Gasteiger partial charge < -0.3 is 9.64 Å². The highest BCUT2D eigenvalue weighted by Crippen LogP contribution is 2.54. The van der Waals surface area contributed by atoms with Crippen LogP contribution in [0.2, 0.25) is 0 Å². The van der Waals surface area contributed by atoms with Gasteiger partial charge in [0.2, 0.25) is 5.82 Å². The summed E-state index contributed by atoms with van der Waals surface area (Å²) in [6.07, 6.45) is 4.50. The first-order chi connectivity index (χ1) is 19.1. The van der Waals surface area contributed by atoms with E-state index in [4.69, 9.17) is 4.74 Å². The lowest BCUT2D eigenvalue weighted by atomic mass is 9.79. The third kappa shape index (κ3) is 5.00. The summed E-state index contributed by atoms with van der Waals surface area (Å²) in [6.45, 7) is 7.77. The number of ether oxygens (including phenoxy) is 1. The Morgan fingerprint density at radius 3 is 2.52 bits per heavy atom. The van der Waals surface area contributed by atoms with E-state index in [9.17, 15) is 17.6 Å². The molecule has 3 aliphatic rings. The number of hydrogen-bond acceptors (Lipinski definition) is 3. The van der Waals surface area contributed by atoms with Crippen molar-refractivity contribution >= 4 is 5.57 Å². The molecule has 1 aliphatic carbocycles. The Morgan fingerprint density at radius 1 is 1.07 bits per heavy atom. The van der Waals surface area contributed by atoms with E-state index in [0.717, 1.165) is 59.3 Å². The molecule has 2 aromatic carbocycles. The predicted octanol–water partition coefficient (Wildman–Crippen LogP) is 7.60. The van der Waals surface area contributed by atoms with Crippen LogP contribution in [0.4, 0.5) is 17.6 Å². The molecule has 1 aromatic heterocycles. The van der Waals surface area contributed by atoms with Crippen LogP contribution >= 0.6 is 0 Å². The highest BCUT2D eigenvalue weighted by Gasteiger charge is 2.51. The third-order valence-corrected chi connectivity index (χ3v) is 8.92. The van der Waals surface area contributed by atoms with E-state index in [0.29, 0.717) is 18.2 Å². The van der Waals surface area contributed by atoms with Crippen LogP contribution in [0, 0.1) is 11.7 Å². The zero-order chi connectivity index (χ0) is 28.1. The van der Waals surface area contributed by atoms with Crippen LogP contribution in [0.5, 0.6) is 0 Å². The lowest BCUT2D eigenvalue weighted by molar-refractivity contribution is -0.145. The van der Waals surface area contributed by atoms with Crippen molar-refractivity contribution in [3.63, 3.8) is 0 Å². The number of nitrogens with zero attached hydrogens (tertiary/aromatic N) is 3. The summed E-state index contributed by atoms with van der Waals surface area (Å²) in [5.41, 5.74) is 3.93. The van der Waals surface area contributed by atoms with Crippen molar-refractivity contribution in [1.82, 2.24) is 14.5 Å². The molecule has 1 spiro atoms. The van der Waals surface area contributed by atoms with Crippen LogP contribution in [-0.4, -0.2) is 46.3 Å². The van der Waals surface area contributed by atoms with Crippen LogP contribution < -0.4 is 0 Å². The Labute approximate surface area is 232 Å². The molecule has 6 rings (SSSR count). The van der Waals surface area contributed by atoms with Crippen LogP contribution in [-0.2, 0) is 10.9 Å². The molecule has 8 heteroatoms. The molecule has 2 aliphatic heterocycles. The second-order valence-electron chi connectivity index (χ2n) is 11.8. The normalized spacial score (nSPS) is 25.4. The maximum atomic E-state index is 13.9. The summed E-state index contributed by atoms with van der Waals surface area (Å²) in [7, 11) is 0. The summed E-state index contributed by atoms with van der Waals surface area (Å²) in [4.78, 5) is 6.11. The van der Waals surface area contributed by atoms with Crippen LogP contribution in [0.1, 0.15) is 73.9 Å². The monoisotopic (exact) mass is 553 g/mol. The topological polar surface area (TPSA) is 30.3 Å². The van der Waals surface area contributed by atoms with Crippen molar-refractivity contribution in [2.45, 2.75) is 63.1 Å². The zero-order valence-electron chi connectivity index (χ0n) is 22.9. The second-order valence-corrected chi connectivity index (χ2v) is 11.8. The van der Waals surface area contributed by atoms with Crippen molar-refractivity contribution < 1.29 is 22.3 Å². The van der Waals surface area contributed by atoms with Gasteiger partial charge in [0.1, 0.15) is 5.82 Å². The van der Waals surface area contributed by atoms with Gasteiger partial charge in [-0.3, -0.25) is 4.57 Å². The number of likely N-dealkylation sites (tertiary alicyclic amines) is 1. The summed E-state index contributed by atoms with van der Waals surface area (Å²) < 4.78 is 62.6. The summed E-state index contributed by atoms with van der Waals surface area (Å²) in [5, 5.41) is 0. The minimum absolute atomic E-state index is 0.0716. The van der Waals surface area contributed by atoms with Crippen molar-refractivity contribution in [1.29, 1.82) is 0 Å². The van der Waals surface area contributed by atoms with Crippen molar-refractivity contribution in [2.24, 2.45) is 5.92 Å². The summed E-state index contributed by atoms with van der Waals surface area (Å²) in [5.74, 6) is -0.587. The molecule has 212 valence electrons. The molecule has 3 atom stereocenters. The van der Waals surface area contributed by atoms with E-state index in [1.807, 2.05) is 24.3 Å². The number of benzene rings is 2. The molecule has 3 heterocycles. The number of hydrogen-bond donors (Lipinski definition) is 0. The Kier molecular flexibility index (Phi) is 7.11. The average molecular weight is 554 g/mol. The minimum atomic E-state index is -4.56. The molecule has 0 N–H and O–H groups in total. The number of halogens is 4. The van der Waals surface area contributed by atoms with Gasteiger partial charge in [-0.1, -0.05) is 32.0 Å². The van der Waals surface area contributed by atoms with E-state index < -0.39 is 17.6 Å². The quantitative estimate of drug-likeness (QED) is 0.295. The third-order valence-electron chi connectivity index (χ3n) is 8.92. The predicted molar refractivity (Wildman–Crippen MR) is 147 cm³/mol. The second kappa shape index (κ2) is 10.5. The minimum Gasteiger partial charge on any atom is -0.366 e. The van der Waals surface area contributed by atoms with Gasteiger partial charge >= 0.3 is 6.18 Å². The van der Waals surface area contributed by atoms with Crippen molar-refractivity contribution in [3.8, 4) is 5.69 Å². The summed E-state index contributed by atoms with van der Waals surface area (Å²) in [6, 6.07) is 12.3. The molecule has 0 bridgehead atoms. The van der Waals surface area contributed by atoms with E-state index in [-0.39, 0.29) is 17.7 Å². The molecular formula is C32H35F4N3O. The zero-order valence-corrected chi connectivity index (χ0v) is 22.9. The van der Waals surface area contributed by atoms with Gasteiger partial charge in [-0.05, 0) is 103 Å². The van der Waals surface area contributed by atoms with Gasteiger partial charge in [0.25, 0.3) is 0 Å². The first-order valence-corrected chi connectivity index (χ1v) is 14.2. The Morgan fingerprint density at radius 2 is 1.82 bits per heavy atom. The highest BCUT2D eigenvalue weighted by molar-refractivity contribution is 5.74. The largest absolute Gasteiger partial charge is 0.450 e. The number of imidazole rings is 1. The van der Waals surface area contributed by atoms with Crippen LogP contribution in [0.25, 0.3) is 11.3 Å². The maximum Gasteiger partial charge on any atom is 0.450 e. The van der Waals surface area contributed by atoms with Crippen LogP contribution in [0.3, 0.4) is 0 Å². The first kappa shape index (κ1) is 27.2. The van der Waals surface area contributed by atoms with Gasteiger partial charge in [0.05, 0.1) is 12.2 Å². The highest BCUT2D eigenvalue weighted by atomic mass is 19.4. The SMILES string of the molecule is CC(C)c1ccc(-n2ccnc2C(F)(F)F)cc1C1=C[C@@]2(CCC(CN3CCCC3)C2c2ccc(F)cc2)OC1. The summed E-state index contributed by atoms with van der Waals surface area (Å²) >= 11 is 0. The van der Waals surface area contributed by atoms with Crippen LogP contribution in [0.15, 0.2) is 60.9 Å². The molecule has 1 saturated heterocycles. The molecule has 1 saturated carbocycles. The Hall–Kier alpha value is -2.97. The average Bonchev–Trinajstić information content (AvgIpc) is 3.73. The number of alkyl halides is 3. The standard InChI is InChI=1S/C32H35F4N3O/c1-21(2)27-10-9-26(39-16-13-37-30(39)32(34,35)36)17-28(27)24-18-31(40-20-24)12-11-23(19-38-14-3-4-15-38)29(31)22-5-7-25(33)8-6-22/h5-10,13,16-18,21,23,29H,3-4,11-12,14-15,19-20H2,1-2H3/t23?,29?,31-/m1/s1. The van der Waals surface area contributed by atoms with E-state index in [1.54, 1.807) is 6.07 Å². The lowest BCUT2D eigenvalue weighted by Gasteiger charge is -2.34. The maximum absolute atomic E-state index is 13.9. The van der Waals surface area contributed by atoms with Gasteiger partial charge in [-0.2, -0.15) is 13.2 Å². The fourth-order valence-corrected chi connectivity index (χ4v) is 7.12. The van der Waals surface area contributed by atoms with E-state index >= 15 is 0 Å². The van der Waals surface area contributed by atoms with Gasteiger partial charge in [-0.15, -0.1) is 0 Å². The van der Waals surface area contributed by atoms with Gasteiger partial charge in [0, 0.05) is 30.5 Å². The molecule has 40 heavy (non-hydrogen) atoms. The van der Waals surface area contributed by atoms with E-state index in [2.05, 4.69) is 29.8 Å². The van der Waals surface area contributed by atoms with Gasteiger partial charge in [0.15, 0.2) is 0 Å². The first-order valence-electron chi connectivity index (χ1n) is 14.2. The molecule has 4 nitrogen and oxygen atoms in total. The number of aromatic nitrogens is 2. The fourth-order valence-electron chi connectivity index (χ4n) is 7.12. The van der Waals surface area contributed by atoms with Crippen molar-refractivity contribution in [2.75, 3.05) is 26.2 Å². The molecule has 2 fully saturated rings. The van der Waals surface area contributed by atoms with Crippen molar-refractivity contribution in [3.05, 3.63) is 89.3 Å². The Bertz CT molecular complexity index is 1390. The molecular weight excluding hydrogens is 518 g/mol. The molecule has 0 amide bonds. The molecule has 2 unspecified atom stereocenters. The van der Waals surface area contributed by atoms with Gasteiger partial charge in [-0.25, -0.2) is 9.37 Å². The smallest absolute Gasteiger partial charge is 0.366 e. The Balaban J connectivity index is 1.40. The molecule has 0 radical (unpaired) electrons.